The summed E-state index contributed by atoms with van der Waals surface area (Å²) in [6, 6.07) is 8.10. The predicted octanol–water partition coefficient (Wildman–Crippen LogP) is 2.41. The number of anilines is 1. The SMILES string of the molecule is Cc1ccc(C2(C(=O)Nc3n[nH]nc3C(=O)N3CCCC3)CCC2)cc1. The number of carbonyl (C=O) groups is 2. The van der Waals surface area contributed by atoms with E-state index >= 15 is 0 Å². The zero-order valence-electron chi connectivity index (χ0n) is 14.9. The number of benzene rings is 1. The molecule has 1 aromatic heterocycles. The maximum Gasteiger partial charge on any atom is 0.278 e. The molecular formula is C19H23N5O2. The minimum atomic E-state index is -0.541. The molecule has 1 saturated heterocycles. The van der Waals surface area contributed by atoms with Crippen LogP contribution in [0.3, 0.4) is 0 Å². The number of nitrogens with zero attached hydrogens (tertiary/aromatic N) is 3. The van der Waals surface area contributed by atoms with Gasteiger partial charge in [0.1, 0.15) is 0 Å². The molecule has 0 radical (unpaired) electrons. The lowest BCUT2D eigenvalue weighted by molar-refractivity contribution is -0.124. The van der Waals surface area contributed by atoms with Crippen LogP contribution in [0.5, 0.6) is 0 Å². The minimum absolute atomic E-state index is 0.114. The second-order valence-electron chi connectivity index (χ2n) is 7.28. The van der Waals surface area contributed by atoms with Crippen LogP contribution in [0.4, 0.5) is 5.82 Å². The highest BCUT2D eigenvalue weighted by molar-refractivity contribution is 6.04. The number of aromatic amines is 1. The topological polar surface area (TPSA) is 91.0 Å². The fourth-order valence-corrected chi connectivity index (χ4v) is 3.81. The molecule has 0 bridgehead atoms. The van der Waals surface area contributed by atoms with Gasteiger partial charge in [0.2, 0.25) is 5.91 Å². The molecule has 0 unspecified atom stereocenters. The van der Waals surface area contributed by atoms with Crippen LogP contribution in [0.15, 0.2) is 24.3 Å². The van der Waals surface area contributed by atoms with Crippen molar-refractivity contribution >= 4 is 17.6 Å². The summed E-state index contributed by atoms with van der Waals surface area (Å²) in [7, 11) is 0. The number of aromatic nitrogens is 3. The maximum absolute atomic E-state index is 13.1. The maximum atomic E-state index is 13.1. The average molecular weight is 353 g/mol. The molecule has 1 aromatic carbocycles. The summed E-state index contributed by atoms with van der Waals surface area (Å²) >= 11 is 0. The van der Waals surface area contributed by atoms with Crippen LogP contribution >= 0.6 is 0 Å². The molecule has 2 amide bonds. The molecule has 1 aliphatic carbocycles. The summed E-state index contributed by atoms with van der Waals surface area (Å²) < 4.78 is 0. The van der Waals surface area contributed by atoms with Crippen LogP contribution in [0.2, 0.25) is 0 Å². The van der Waals surface area contributed by atoms with Crippen molar-refractivity contribution in [1.29, 1.82) is 0 Å². The third-order valence-corrected chi connectivity index (χ3v) is 5.62. The van der Waals surface area contributed by atoms with Gasteiger partial charge in [-0.15, -0.1) is 10.2 Å². The second-order valence-corrected chi connectivity index (χ2v) is 7.28. The zero-order chi connectivity index (χ0) is 18.1. The van der Waals surface area contributed by atoms with E-state index in [0.717, 1.165) is 50.8 Å². The van der Waals surface area contributed by atoms with Crippen LogP contribution in [0.25, 0.3) is 0 Å². The van der Waals surface area contributed by atoms with Crippen molar-refractivity contribution in [1.82, 2.24) is 20.3 Å². The van der Waals surface area contributed by atoms with Crippen molar-refractivity contribution in [3.63, 3.8) is 0 Å². The number of H-pyrrole nitrogens is 1. The fraction of sp³-hybridized carbons (Fsp3) is 0.474. The van der Waals surface area contributed by atoms with Crippen molar-refractivity contribution < 1.29 is 9.59 Å². The summed E-state index contributed by atoms with van der Waals surface area (Å²) in [4.78, 5) is 27.4. The Morgan fingerprint density at radius 3 is 2.38 bits per heavy atom. The Balaban J connectivity index is 1.55. The van der Waals surface area contributed by atoms with Crippen molar-refractivity contribution in [3.8, 4) is 0 Å². The Hall–Kier alpha value is -2.70. The molecule has 1 aliphatic heterocycles. The molecule has 7 heteroatoms. The van der Waals surface area contributed by atoms with Gasteiger partial charge in [-0.2, -0.15) is 5.21 Å². The van der Waals surface area contributed by atoms with Gasteiger partial charge in [-0.1, -0.05) is 36.2 Å². The Labute approximate surface area is 152 Å². The summed E-state index contributed by atoms with van der Waals surface area (Å²) in [6.07, 6.45) is 4.62. The van der Waals surface area contributed by atoms with E-state index < -0.39 is 5.41 Å². The molecule has 2 aromatic rings. The molecule has 7 nitrogen and oxygen atoms in total. The lowest BCUT2D eigenvalue weighted by atomic mass is 9.63. The minimum Gasteiger partial charge on any atom is -0.337 e. The molecule has 2 aliphatic rings. The number of likely N-dealkylation sites (tertiary alicyclic amines) is 1. The Morgan fingerprint density at radius 1 is 1.08 bits per heavy atom. The fourth-order valence-electron chi connectivity index (χ4n) is 3.81. The smallest absolute Gasteiger partial charge is 0.278 e. The molecule has 2 fully saturated rings. The molecule has 2 N–H and O–H groups in total. The monoisotopic (exact) mass is 353 g/mol. The highest BCUT2D eigenvalue weighted by Gasteiger charge is 2.46. The third kappa shape index (κ3) is 2.77. The number of rotatable bonds is 4. The van der Waals surface area contributed by atoms with Gasteiger partial charge in [0.15, 0.2) is 11.5 Å². The first-order chi connectivity index (χ1) is 12.6. The van der Waals surface area contributed by atoms with E-state index in [1.165, 1.54) is 5.56 Å². The summed E-state index contributed by atoms with van der Waals surface area (Å²) in [5.41, 5.74) is 1.83. The number of hydrogen-bond acceptors (Lipinski definition) is 4. The standard InChI is InChI=1S/C19H23N5O2/c1-13-5-7-14(8-6-13)19(9-4-10-19)18(26)20-16-15(21-23-22-16)17(25)24-11-2-3-12-24/h5-8H,2-4,9-12H2,1H3,(H2,20,21,22,23,26). The zero-order valence-corrected chi connectivity index (χ0v) is 14.9. The largest absolute Gasteiger partial charge is 0.337 e. The molecule has 1 saturated carbocycles. The van der Waals surface area contributed by atoms with Gasteiger partial charge < -0.3 is 10.2 Å². The predicted molar refractivity (Wildman–Crippen MR) is 96.9 cm³/mol. The van der Waals surface area contributed by atoms with Gasteiger partial charge in [0.25, 0.3) is 5.91 Å². The van der Waals surface area contributed by atoms with Crippen LogP contribution in [0.1, 0.15) is 53.7 Å². The van der Waals surface area contributed by atoms with Crippen LogP contribution in [-0.2, 0) is 10.2 Å². The van der Waals surface area contributed by atoms with Gasteiger partial charge in [0.05, 0.1) is 5.41 Å². The first-order valence-corrected chi connectivity index (χ1v) is 9.19. The van der Waals surface area contributed by atoms with Crippen molar-refractivity contribution in [2.45, 2.75) is 44.4 Å². The van der Waals surface area contributed by atoms with Crippen LogP contribution in [-0.4, -0.2) is 45.2 Å². The average Bonchev–Trinajstić information content (AvgIpc) is 3.26. The van der Waals surface area contributed by atoms with E-state index in [2.05, 4.69) is 20.7 Å². The second kappa shape index (κ2) is 6.55. The van der Waals surface area contributed by atoms with Crippen LogP contribution in [0, 0.1) is 6.92 Å². The van der Waals surface area contributed by atoms with Gasteiger partial charge in [-0.25, -0.2) is 0 Å². The van der Waals surface area contributed by atoms with Crippen molar-refractivity contribution in [3.05, 3.63) is 41.1 Å². The molecule has 26 heavy (non-hydrogen) atoms. The highest BCUT2D eigenvalue weighted by Crippen LogP contribution is 2.44. The molecule has 4 rings (SSSR count). The van der Waals surface area contributed by atoms with Crippen molar-refractivity contribution in [2.75, 3.05) is 18.4 Å². The Morgan fingerprint density at radius 2 is 1.77 bits per heavy atom. The molecule has 136 valence electrons. The summed E-state index contributed by atoms with van der Waals surface area (Å²) in [6.45, 7) is 3.49. The highest BCUT2D eigenvalue weighted by atomic mass is 16.2. The number of hydrogen-bond donors (Lipinski definition) is 2. The van der Waals surface area contributed by atoms with E-state index in [1.54, 1.807) is 4.90 Å². The first-order valence-electron chi connectivity index (χ1n) is 9.19. The lowest BCUT2D eigenvalue weighted by Crippen LogP contribution is -2.46. The molecule has 0 atom stereocenters. The Kier molecular flexibility index (Phi) is 4.22. The number of nitrogens with one attached hydrogen (secondary N) is 2. The van der Waals surface area contributed by atoms with Gasteiger partial charge in [-0.05, 0) is 38.2 Å². The van der Waals surface area contributed by atoms with Gasteiger partial charge >= 0.3 is 0 Å². The van der Waals surface area contributed by atoms with Crippen LogP contribution < -0.4 is 5.32 Å². The van der Waals surface area contributed by atoms with E-state index in [4.69, 9.17) is 0 Å². The first kappa shape index (κ1) is 16.8. The van der Waals surface area contributed by atoms with Gasteiger partial charge in [0, 0.05) is 13.1 Å². The molecular weight excluding hydrogens is 330 g/mol. The normalized spacial score (nSPS) is 18.4. The molecule has 0 spiro atoms. The van der Waals surface area contributed by atoms with E-state index in [1.807, 2.05) is 31.2 Å². The van der Waals surface area contributed by atoms with E-state index in [9.17, 15) is 9.59 Å². The number of amides is 2. The van der Waals surface area contributed by atoms with Gasteiger partial charge in [-0.3, -0.25) is 9.59 Å². The number of carbonyl (C=O) groups excluding carboxylic acids is 2. The van der Waals surface area contributed by atoms with E-state index in [0.29, 0.717) is 0 Å². The molecule has 2 heterocycles. The van der Waals surface area contributed by atoms with Crippen molar-refractivity contribution in [2.24, 2.45) is 0 Å². The third-order valence-electron chi connectivity index (χ3n) is 5.62. The summed E-state index contributed by atoms with van der Waals surface area (Å²) in [5.74, 6) is -0.0631. The summed E-state index contributed by atoms with van der Waals surface area (Å²) in [5, 5.41) is 13.3. The van der Waals surface area contributed by atoms with E-state index in [-0.39, 0.29) is 23.3 Å². The lowest BCUT2D eigenvalue weighted by Gasteiger charge is -2.40. The number of aryl methyl sites for hydroxylation is 1. The Bertz CT molecular complexity index is 817. The quantitative estimate of drug-likeness (QED) is 0.883.